The Balaban J connectivity index is 2.95. The van der Waals surface area contributed by atoms with E-state index in [0.29, 0.717) is 15.9 Å². The summed E-state index contributed by atoms with van der Waals surface area (Å²) in [5.41, 5.74) is 0.484. The van der Waals surface area contributed by atoms with Crippen molar-refractivity contribution in [3.8, 4) is 5.75 Å². The molecular formula is C8H5ClN2O. The molecule has 1 aromatic heterocycles. The lowest BCUT2D eigenvalue weighted by atomic mass is 10.2. The Morgan fingerprint density at radius 3 is 2.92 bits per heavy atom. The normalized spacial score (nSPS) is 10.4. The van der Waals surface area contributed by atoms with Crippen molar-refractivity contribution >= 4 is 22.5 Å². The molecular weight excluding hydrogens is 176 g/mol. The Kier molecular flexibility index (Phi) is 1.59. The molecule has 2 rings (SSSR count). The Morgan fingerprint density at radius 1 is 1.33 bits per heavy atom. The first-order chi connectivity index (χ1) is 5.79. The molecule has 0 radical (unpaired) electrons. The van der Waals surface area contributed by atoms with Crippen LogP contribution >= 0.6 is 11.6 Å². The molecule has 0 amide bonds. The molecule has 0 saturated carbocycles. The molecule has 1 aromatic carbocycles. The average molecular weight is 181 g/mol. The van der Waals surface area contributed by atoms with Gasteiger partial charge in [0.2, 0.25) is 0 Å². The van der Waals surface area contributed by atoms with E-state index >= 15 is 0 Å². The Morgan fingerprint density at radius 2 is 2.17 bits per heavy atom. The summed E-state index contributed by atoms with van der Waals surface area (Å²) in [7, 11) is 0. The number of aromatic hydroxyl groups is 1. The Labute approximate surface area is 73.6 Å². The third kappa shape index (κ3) is 0.987. The van der Waals surface area contributed by atoms with Crippen LogP contribution in [0.15, 0.2) is 24.7 Å². The van der Waals surface area contributed by atoms with Crippen LogP contribution in [0.5, 0.6) is 5.75 Å². The standard InChI is InChI=1S/C8H5ClN2O/c9-6-1-2-7(12)8-5(6)3-10-4-11-8/h1-4,12H. The SMILES string of the molecule is Oc1ccc(Cl)c2cncnc12. The first-order valence-electron chi connectivity index (χ1n) is 3.36. The molecule has 1 heterocycles. The summed E-state index contributed by atoms with van der Waals surface area (Å²) in [6, 6.07) is 3.13. The summed E-state index contributed by atoms with van der Waals surface area (Å²) in [6.07, 6.45) is 2.95. The van der Waals surface area contributed by atoms with Gasteiger partial charge >= 0.3 is 0 Å². The van der Waals surface area contributed by atoms with Crippen molar-refractivity contribution in [1.29, 1.82) is 0 Å². The summed E-state index contributed by atoms with van der Waals surface area (Å²) in [5, 5.41) is 10.6. The summed E-state index contributed by atoms with van der Waals surface area (Å²) in [5.74, 6) is 0.122. The largest absolute Gasteiger partial charge is 0.506 e. The van der Waals surface area contributed by atoms with Gasteiger partial charge in [0.15, 0.2) is 0 Å². The number of benzene rings is 1. The zero-order chi connectivity index (χ0) is 8.55. The molecule has 0 fully saturated rings. The second kappa shape index (κ2) is 2.60. The maximum absolute atomic E-state index is 9.35. The van der Waals surface area contributed by atoms with Gasteiger partial charge in [0.05, 0.1) is 5.02 Å². The fourth-order valence-electron chi connectivity index (χ4n) is 1.03. The number of fused-ring (bicyclic) bond motifs is 1. The average Bonchev–Trinajstić information content (AvgIpc) is 2.12. The van der Waals surface area contributed by atoms with Gasteiger partial charge in [0.1, 0.15) is 17.6 Å². The maximum Gasteiger partial charge on any atom is 0.142 e. The Bertz CT molecular complexity index is 390. The van der Waals surface area contributed by atoms with Crippen molar-refractivity contribution in [2.45, 2.75) is 0 Å². The van der Waals surface area contributed by atoms with Gasteiger partial charge in [-0.25, -0.2) is 9.97 Å². The minimum atomic E-state index is 0.122. The van der Waals surface area contributed by atoms with Crippen LogP contribution in [0, 0.1) is 0 Å². The number of nitrogens with zero attached hydrogens (tertiary/aromatic N) is 2. The van der Waals surface area contributed by atoms with Crippen LogP contribution in [-0.2, 0) is 0 Å². The minimum Gasteiger partial charge on any atom is -0.506 e. The highest BCUT2D eigenvalue weighted by Crippen LogP contribution is 2.27. The van der Waals surface area contributed by atoms with E-state index in [2.05, 4.69) is 9.97 Å². The summed E-state index contributed by atoms with van der Waals surface area (Å²) < 4.78 is 0. The predicted molar refractivity (Wildman–Crippen MR) is 46.2 cm³/mol. The molecule has 1 N–H and O–H groups in total. The van der Waals surface area contributed by atoms with Crippen molar-refractivity contribution in [3.05, 3.63) is 29.7 Å². The molecule has 0 spiro atoms. The van der Waals surface area contributed by atoms with Crippen molar-refractivity contribution in [2.75, 3.05) is 0 Å². The van der Waals surface area contributed by atoms with E-state index in [1.54, 1.807) is 12.3 Å². The maximum atomic E-state index is 9.35. The number of aromatic nitrogens is 2. The first kappa shape index (κ1) is 7.31. The molecule has 12 heavy (non-hydrogen) atoms. The molecule has 2 aromatic rings. The van der Waals surface area contributed by atoms with E-state index in [1.807, 2.05) is 0 Å². The van der Waals surface area contributed by atoms with Crippen LogP contribution in [0.25, 0.3) is 10.9 Å². The van der Waals surface area contributed by atoms with Crippen LogP contribution in [-0.4, -0.2) is 15.1 Å². The fourth-order valence-corrected chi connectivity index (χ4v) is 1.23. The molecule has 0 bridgehead atoms. The summed E-state index contributed by atoms with van der Waals surface area (Å²) in [6.45, 7) is 0. The van der Waals surface area contributed by atoms with Crippen LogP contribution in [0.3, 0.4) is 0 Å². The lowest BCUT2D eigenvalue weighted by molar-refractivity contribution is 0.480. The number of phenolic OH excluding ortho intramolecular Hbond substituents is 1. The predicted octanol–water partition coefficient (Wildman–Crippen LogP) is 1.99. The van der Waals surface area contributed by atoms with E-state index in [9.17, 15) is 5.11 Å². The molecule has 60 valence electrons. The molecule has 0 unspecified atom stereocenters. The Hall–Kier alpha value is -1.35. The molecule has 0 saturated heterocycles. The number of hydrogen-bond donors (Lipinski definition) is 1. The third-order valence-corrected chi connectivity index (χ3v) is 1.93. The van der Waals surface area contributed by atoms with Crippen LogP contribution in [0.1, 0.15) is 0 Å². The fraction of sp³-hybridized carbons (Fsp3) is 0. The number of halogens is 1. The van der Waals surface area contributed by atoms with Gasteiger partial charge in [0.25, 0.3) is 0 Å². The van der Waals surface area contributed by atoms with Gasteiger partial charge in [-0.15, -0.1) is 0 Å². The van der Waals surface area contributed by atoms with Crippen molar-refractivity contribution < 1.29 is 5.11 Å². The third-order valence-electron chi connectivity index (χ3n) is 1.60. The summed E-state index contributed by atoms with van der Waals surface area (Å²) in [4.78, 5) is 7.70. The first-order valence-corrected chi connectivity index (χ1v) is 3.74. The molecule has 0 aliphatic heterocycles. The van der Waals surface area contributed by atoms with Crippen LogP contribution < -0.4 is 0 Å². The van der Waals surface area contributed by atoms with E-state index in [0.717, 1.165) is 0 Å². The van der Waals surface area contributed by atoms with Crippen LogP contribution in [0.2, 0.25) is 5.02 Å². The van der Waals surface area contributed by atoms with Gasteiger partial charge in [-0.2, -0.15) is 0 Å². The van der Waals surface area contributed by atoms with Crippen molar-refractivity contribution in [3.63, 3.8) is 0 Å². The van der Waals surface area contributed by atoms with E-state index in [4.69, 9.17) is 11.6 Å². The minimum absolute atomic E-state index is 0.122. The monoisotopic (exact) mass is 180 g/mol. The number of rotatable bonds is 0. The zero-order valence-corrected chi connectivity index (χ0v) is 6.78. The van der Waals surface area contributed by atoms with Gasteiger partial charge < -0.3 is 5.11 Å². The molecule has 0 aliphatic rings. The van der Waals surface area contributed by atoms with Crippen molar-refractivity contribution in [1.82, 2.24) is 9.97 Å². The lowest BCUT2D eigenvalue weighted by Gasteiger charge is -1.99. The smallest absolute Gasteiger partial charge is 0.142 e. The molecule has 0 atom stereocenters. The highest BCUT2D eigenvalue weighted by Gasteiger charge is 2.03. The second-order valence-corrected chi connectivity index (χ2v) is 2.76. The molecule has 0 aliphatic carbocycles. The number of hydrogen-bond acceptors (Lipinski definition) is 3. The highest BCUT2D eigenvalue weighted by molar-refractivity contribution is 6.35. The lowest BCUT2D eigenvalue weighted by Crippen LogP contribution is -1.81. The van der Waals surface area contributed by atoms with E-state index < -0.39 is 0 Å². The number of phenols is 1. The highest BCUT2D eigenvalue weighted by atomic mass is 35.5. The van der Waals surface area contributed by atoms with Crippen molar-refractivity contribution in [2.24, 2.45) is 0 Å². The second-order valence-electron chi connectivity index (χ2n) is 2.35. The van der Waals surface area contributed by atoms with Gasteiger partial charge in [0, 0.05) is 11.6 Å². The van der Waals surface area contributed by atoms with Crippen LogP contribution in [0.4, 0.5) is 0 Å². The zero-order valence-electron chi connectivity index (χ0n) is 6.03. The molecule has 4 heteroatoms. The van der Waals surface area contributed by atoms with Gasteiger partial charge in [-0.1, -0.05) is 11.6 Å². The van der Waals surface area contributed by atoms with E-state index in [1.165, 1.54) is 12.4 Å². The summed E-state index contributed by atoms with van der Waals surface area (Å²) >= 11 is 5.84. The molecule has 3 nitrogen and oxygen atoms in total. The van der Waals surface area contributed by atoms with Gasteiger partial charge in [-0.05, 0) is 12.1 Å². The van der Waals surface area contributed by atoms with Gasteiger partial charge in [-0.3, -0.25) is 0 Å². The topological polar surface area (TPSA) is 46.0 Å². The van der Waals surface area contributed by atoms with E-state index in [-0.39, 0.29) is 5.75 Å². The quantitative estimate of drug-likeness (QED) is 0.675.